The zero-order valence-corrected chi connectivity index (χ0v) is 15.4. The van der Waals surface area contributed by atoms with E-state index in [0.717, 1.165) is 17.7 Å². The number of hydrazine groups is 1. The molecule has 3 rings (SSSR count). The molecule has 2 N–H and O–H groups in total. The van der Waals surface area contributed by atoms with Gasteiger partial charge in [0.2, 0.25) is 11.8 Å². The number of rotatable bonds is 4. The smallest absolute Gasteiger partial charge is 0.258 e. The number of imide groups is 1. The molecule has 6 nitrogen and oxygen atoms in total. The summed E-state index contributed by atoms with van der Waals surface area (Å²) in [5.74, 6) is -1.61. The van der Waals surface area contributed by atoms with Gasteiger partial charge in [-0.2, -0.15) is 0 Å². The minimum absolute atomic E-state index is 0.233. The molecule has 0 spiro atoms. The van der Waals surface area contributed by atoms with E-state index in [1.807, 2.05) is 0 Å². The van der Waals surface area contributed by atoms with E-state index < -0.39 is 5.91 Å². The molecule has 0 bridgehead atoms. The van der Waals surface area contributed by atoms with E-state index in [1.165, 1.54) is 12.1 Å². The molecule has 1 aliphatic carbocycles. The van der Waals surface area contributed by atoms with Crippen LogP contribution in [-0.2, 0) is 14.4 Å². The molecule has 2 fully saturated rings. The number of anilines is 1. The fourth-order valence-electron chi connectivity index (χ4n) is 3.36. The molecule has 9 heteroatoms. The summed E-state index contributed by atoms with van der Waals surface area (Å²) in [5.41, 5.74) is 5.29. The van der Waals surface area contributed by atoms with Gasteiger partial charge in [0, 0.05) is 5.02 Å². The van der Waals surface area contributed by atoms with E-state index in [0.29, 0.717) is 17.9 Å². The van der Waals surface area contributed by atoms with Gasteiger partial charge in [0.15, 0.2) is 0 Å². The lowest BCUT2D eigenvalue weighted by atomic mass is 9.81. The first-order chi connectivity index (χ1) is 11.9. The summed E-state index contributed by atoms with van der Waals surface area (Å²) in [7, 11) is 0. The maximum atomic E-state index is 12.4. The highest BCUT2D eigenvalue weighted by molar-refractivity contribution is 6.41. The van der Waals surface area contributed by atoms with E-state index in [9.17, 15) is 14.4 Å². The predicted octanol–water partition coefficient (Wildman–Crippen LogP) is 3.27. The normalized spacial score (nSPS) is 22.8. The van der Waals surface area contributed by atoms with E-state index >= 15 is 0 Å². The van der Waals surface area contributed by atoms with Crippen molar-refractivity contribution in [1.29, 1.82) is 0 Å². The Bertz CT molecular complexity index is 694. The van der Waals surface area contributed by atoms with Gasteiger partial charge in [-0.25, -0.2) is 0 Å². The molecule has 1 saturated heterocycles. The largest absolute Gasteiger partial charge is 0.296 e. The maximum Gasteiger partial charge on any atom is 0.258 e. The van der Waals surface area contributed by atoms with Gasteiger partial charge in [-0.05, 0) is 25.0 Å². The van der Waals surface area contributed by atoms with Gasteiger partial charge in [0.05, 0.1) is 27.6 Å². The van der Waals surface area contributed by atoms with Crippen LogP contribution in [0.4, 0.5) is 5.69 Å². The van der Waals surface area contributed by atoms with E-state index in [-0.39, 0.29) is 45.9 Å². The number of nitrogens with one attached hydrogen (secondary N) is 2. The topological polar surface area (TPSA) is 78.5 Å². The van der Waals surface area contributed by atoms with Gasteiger partial charge in [-0.1, -0.05) is 47.6 Å². The monoisotopic (exact) mass is 403 g/mol. The molecule has 25 heavy (non-hydrogen) atoms. The van der Waals surface area contributed by atoms with E-state index in [4.69, 9.17) is 34.8 Å². The van der Waals surface area contributed by atoms with Crippen molar-refractivity contribution in [2.45, 2.75) is 25.7 Å². The van der Waals surface area contributed by atoms with Gasteiger partial charge in [-0.3, -0.25) is 30.1 Å². The zero-order chi connectivity index (χ0) is 18.1. The van der Waals surface area contributed by atoms with Crippen LogP contribution in [0.2, 0.25) is 15.1 Å². The third-order valence-electron chi connectivity index (χ3n) is 4.57. The van der Waals surface area contributed by atoms with Crippen molar-refractivity contribution in [3.05, 3.63) is 27.2 Å². The molecule has 3 amide bonds. The summed E-state index contributed by atoms with van der Waals surface area (Å²) in [4.78, 5) is 37.9. The van der Waals surface area contributed by atoms with Crippen molar-refractivity contribution in [3.8, 4) is 0 Å². The number of benzene rings is 1. The first-order valence-corrected chi connectivity index (χ1v) is 9.06. The molecule has 0 aromatic heterocycles. The summed E-state index contributed by atoms with van der Waals surface area (Å²) in [6.07, 6.45) is 3.30. The van der Waals surface area contributed by atoms with Crippen LogP contribution >= 0.6 is 34.8 Å². The maximum absolute atomic E-state index is 12.4. The standard InChI is InChI=1S/C16H16Cl3N3O3/c17-8-5-11(18)14(12(19)6-8)21-20-13(23)7-22-15(24)9-3-1-2-4-10(9)16(22)25/h5-6,9-10,21H,1-4,7H2,(H,20,23). The fourth-order valence-corrected chi connectivity index (χ4v) is 4.28. The molecule has 1 aromatic rings. The zero-order valence-electron chi connectivity index (χ0n) is 13.2. The van der Waals surface area contributed by atoms with Crippen LogP contribution < -0.4 is 10.9 Å². The Morgan fingerprint density at radius 1 is 1.04 bits per heavy atom. The number of fused-ring (bicyclic) bond motifs is 1. The van der Waals surface area contributed by atoms with Crippen LogP contribution in [-0.4, -0.2) is 29.2 Å². The van der Waals surface area contributed by atoms with Gasteiger partial charge in [-0.15, -0.1) is 0 Å². The molecule has 1 aliphatic heterocycles. The first kappa shape index (κ1) is 18.3. The number of halogens is 3. The quantitative estimate of drug-likeness (QED) is 0.596. The van der Waals surface area contributed by atoms with Gasteiger partial charge >= 0.3 is 0 Å². The molecule has 1 aromatic carbocycles. The molecule has 2 aliphatic rings. The van der Waals surface area contributed by atoms with Crippen LogP contribution in [0.15, 0.2) is 12.1 Å². The van der Waals surface area contributed by atoms with Crippen LogP contribution in [0.3, 0.4) is 0 Å². The summed E-state index contributed by atoms with van der Waals surface area (Å²) in [6, 6.07) is 2.95. The van der Waals surface area contributed by atoms with Crippen LogP contribution in [0.1, 0.15) is 25.7 Å². The van der Waals surface area contributed by atoms with E-state index in [1.54, 1.807) is 0 Å². The first-order valence-electron chi connectivity index (χ1n) is 7.93. The Hall–Kier alpha value is -1.50. The number of amides is 3. The molecular formula is C16H16Cl3N3O3. The number of carbonyl (C=O) groups excluding carboxylic acids is 3. The number of carbonyl (C=O) groups is 3. The Morgan fingerprint density at radius 3 is 2.08 bits per heavy atom. The SMILES string of the molecule is O=C(CN1C(=O)C2CCCCC2C1=O)NNc1c(Cl)cc(Cl)cc1Cl. The third kappa shape index (κ3) is 3.71. The van der Waals surface area contributed by atoms with Crippen molar-refractivity contribution < 1.29 is 14.4 Å². The second-order valence-corrected chi connectivity index (χ2v) is 7.43. The van der Waals surface area contributed by atoms with Gasteiger partial charge in [0.25, 0.3) is 5.91 Å². The van der Waals surface area contributed by atoms with Crippen molar-refractivity contribution in [1.82, 2.24) is 10.3 Å². The lowest BCUT2D eigenvalue weighted by molar-refractivity contribution is -0.143. The average Bonchev–Trinajstić information content (AvgIpc) is 2.79. The molecule has 1 saturated carbocycles. The second-order valence-electron chi connectivity index (χ2n) is 6.18. The molecule has 134 valence electrons. The van der Waals surface area contributed by atoms with Gasteiger partial charge in [0.1, 0.15) is 6.54 Å². The highest BCUT2D eigenvalue weighted by atomic mass is 35.5. The average molecular weight is 405 g/mol. The highest BCUT2D eigenvalue weighted by Crippen LogP contribution is 2.38. The summed E-state index contributed by atoms with van der Waals surface area (Å²) in [5, 5.41) is 0.831. The second kappa shape index (κ2) is 7.40. The van der Waals surface area contributed by atoms with Crippen molar-refractivity contribution in [2.24, 2.45) is 11.8 Å². The minimum Gasteiger partial charge on any atom is -0.296 e. The minimum atomic E-state index is -0.539. The van der Waals surface area contributed by atoms with Crippen LogP contribution in [0, 0.1) is 11.8 Å². The van der Waals surface area contributed by atoms with Crippen molar-refractivity contribution in [3.63, 3.8) is 0 Å². The Labute approximate surface area is 159 Å². The highest BCUT2D eigenvalue weighted by Gasteiger charge is 2.48. The molecular weight excluding hydrogens is 389 g/mol. The number of hydrogen-bond acceptors (Lipinski definition) is 4. The molecule has 2 unspecified atom stereocenters. The summed E-state index contributed by atoms with van der Waals surface area (Å²) < 4.78 is 0. The summed E-state index contributed by atoms with van der Waals surface area (Å²) in [6.45, 7) is -0.333. The van der Waals surface area contributed by atoms with Crippen molar-refractivity contribution in [2.75, 3.05) is 12.0 Å². The number of nitrogens with zero attached hydrogens (tertiary/aromatic N) is 1. The molecule has 1 heterocycles. The van der Waals surface area contributed by atoms with Gasteiger partial charge < -0.3 is 0 Å². The molecule has 2 atom stereocenters. The third-order valence-corrected chi connectivity index (χ3v) is 5.38. The lowest BCUT2D eigenvalue weighted by Gasteiger charge is -2.19. The molecule has 0 radical (unpaired) electrons. The summed E-state index contributed by atoms with van der Waals surface area (Å²) >= 11 is 17.9. The van der Waals surface area contributed by atoms with Crippen molar-refractivity contribution >= 4 is 58.2 Å². The van der Waals surface area contributed by atoms with Crippen LogP contribution in [0.25, 0.3) is 0 Å². The Kier molecular flexibility index (Phi) is 5.41. The van der Waals surface area contributed by atoms with Crippen LogP contribution in [0.5, 0.6) is 0 Å². The lowest BCUT2D eigenvalue weighted by Crippen LogP contribution is -2.42. The Balaban J connectivity index is 1.62. The predicted molar refractivity (Wildman–Crippen MR) is 95.4 cm³/mol. The Morgan fingerprint density at radius 2 is 1.56 bits per heavy atom. The number of likely N-dealkylation sites (tertiary alicyclic amines) is 1. The fraction of sp³-hybridized carbons (Fsp3) is 0.438. The number of hydrogen-bond donors (Lipinski definition) is 2. The van der Waals surface area contributed by atoms with E-state index in [2.05, 4.69) is 10.9 Å².